The lowest BCUT2D eigenvalue weighted by molar-refractivity contribution is 0.517. The summed E-state index contributed by atoms with van der Waals surface area (Å²) in [5.41, 5.74) is 2.72. The van der Waals surface area contributed by atoms with Gasteiger partial charge in [-0.15, -0.1) is 0 Å². The number of aryl methyl sites for hydroxylation is 2. The highest BCUT2D eigenvalue weighted by atomic mass is 15.2. The van der Waals surface area contributed by atoms with Gasteiger partial charge in [0.25, 0.3) is 0 Å². The molecule has 0 fully saturated rings. The molecule has 2 aromatic rings. The number of hydrogen-bond donors (Lipinski definition) is 1. The Hall–Kier alpha value is -1.61. The molecular weight excluding hydrogens is 234 g/mol. The van der Waals surface area contributed by atoms with E-state index < -0.39 is 0 Å². The second kappa shape index (κ2) is 7.10. The Morgan fingerprint density at radius 2 is 1.95 bits per heavy atom. The van der Waals surface area contributed by atoms with Crippen LogP contribution in [0.2, 0.25) is 0 Å². The van der Waals surface area contributed by atoms with Crippen molar-refractivity contribution in [2.24, 2.45) is 7.05 Å². The molecule has 1 N–H and O–H groups in total. The van der Waals surface area contributed by atoms with Crippen molar-refractivity contribution in [3.05, 3.63) is 53.9 Å². The molecule has 0 aliphatic rings. The summed E-state index contributed by atoms with van der Waals surface area (Å²) in [5, 5.41) is 7.75. The van der Waals surface area contributed by atoms with Gasteiger partial charge < -0.3 is 5.32 Å². The first-order valence-electron chi connectivity index (χ1n) is 6.99. The van der Waals surface area contributed by atoms with Crippen molar-refractivity contribution in [2.45, 2.75) is 32.2 Å². The van der Waals surface area contributed by atoms with E-state index in [4.69, 9.17) is 0 Å². The van der Waals surface area contributed by atoms with Gasteiger partial charge in [-0.05, 0) is 43.9 Å². The van der Waals surface area contributed by atoms with Gasteiger partial charge in [0.1, 0.15) is 0 Å². The number of nitrogens with one attached hydrogen (secondary N) is 1. The third-order valence-corrected chi connectivity index (χ3v) is 3.37. The SMILES string of the molecule is CC(CCc1ccccc1)NCCc1cnn(C)c1. The highest BCUT2D eigenvalue weighted by Gasteiger charge is 2.02. The topological polar surface area (TPSA) is 29.9 Å². The molecular formula is C16H23N3. The number of rotatable bonds is 7. The molecule has 0 radical (unpaired) electrons. The average Bonchev–Trinajstić information content (AvgIpc) is 2.83. The summed E-state index contributed by atoms with van der Waals surface area (Å²) in [6.45, 7) is 3.27. The van der Waals surface area contributed by atoms with Crippen LogP contribution in [0, 0.1) is 0 Å². The Balaban J connectivity index is 1.63. The van der Waals surface area contributed by atoms with Crippen LogP contribution in [-0.4, -0.2) is 22.4 Å². The van der Waals surface area contributed by atoms with E-state index in [1.807, 2.05) is 17.9 Å². The second-order valence-electron chi connectivity index (χ2n) is 5.15. The van der Waals surface area contributed by atoms with Crippen molar-refractivity contribution in [1.29, 1.82) is 0 Å². The molecule has 0 spiro atoms. The molecule has 102 valence electrons. The van der Waals surface area contributed by atoms with Gasteiger partial charge in [-0.2, -0.15) is 5.10 Å². The summed E-state index contributed by atoms with van der Waals surface area (Å²) in [5.74, 6) is 0. The second-order valence-corrected chi connectivity index (χ2v) is 5.15. The Labute approximate surface area is 115 Å². The van der Waals surface area contributed by atoms with Crippen molar-refractivity contribution in [3.63, 3.8) is 0 Å². The van der Waals surface area contributed by atoms with Crippen LogP contribution < -0.4 is 5.32 Å². The quantitative estimate of drug-likeness (QED) is 0.826. The molecule has 0 saturated heterocycles. The third kappa shape index (κ3) is 4.87. The molecule has 1 atom stereocenters. The molecule has 3 heteroatoms. The number of nitrogens with zero attached hydrogens (tertiary/aromatic N) is 2. The summed E-state index contributed by atoms with van der Waals surface area (Å²) in [4.78, 5) is 0. The van der Waals surface area contributed by atoms with Crippen LogP contribution in [0.4, 0.5) is 0 Å². The maximum Gasteiger partial charge on any atom is 0.0522 e. The average molecular weight is 257 g/mol. The third-order valence-electron chi connectivity index (χ3n) is 3.37. The van der Waals surface area contributed by atoms with Gasteiger partial charge in [-0.3, -0.25) is 4.68 Å². The van der Waals surface area contributed by atoms with Crippen LogP contribution in [0.15, 0.2) is 42.7 Å². The zero-order valence-corrected chi connectivity index (χ0v) is 11.8. The Bertz CT molecular complexity index is 476. The molecule has 0 aliphatic carbocycles. The zero-order chi connectivity index (χ0) is 13.5. The van der Waals surface area contributed by atoms with E-state index in [-0.39, 0.29) is 0 Å². The fourth-order valence-electron chi connectivity index (χ4n) is 2.19. The number of aromatic nitrogens is 2. The molecule has 2 rings (SSSR count). The van der Waals surface area contributed by atoms with E-state index in [0.717, 1.165) is 19.4 Å². The van der Waals surface area contributed by atoms with Crippen LogP contribution in [0.25, 0.3) is 0 Å². The van der Waals surface area contributed by atoms with Crippen LogP contribution in [0.1, 0.15) is 24.5 Å². The van der Waals surface area contributed by atoms with E-state index >= 15 is 0 Å². The minimum Gasteiger partial charge on any atom is -0.314 e. The van der Waals surface area contributed by atoms with Gasteiger partial charge in [0.05, 0.1) is 6.20 Å². The summed E-state index contributed by atoms with van der Waals surface area (Å²) in [6.07, 6.45) is 7.38. The van der Waals surface area contributed by atoms with Crippen molar-refractivity contribution < 1.29 is 0 Å². The predicted octanol–water partition coefficient (Wildman–Crippen LogP) is 2.57. The minimum absolute atomic E-state index is 0.553. The lowest BCUT2D eigenvalue weighted by Gasteiger charge is -2.13. The summed E-state index contributed by atoms with van der Waals surface area (Å²) < 4.78 is 1.86. The monoisotopic (exact) mass is 257 g/mol. The first-order chi connectivity index (χ1) is 9.24. The fraction of sp³-hybridized carbons (Fsp3) is 0.438. The molecule has 0 amide bonds. The highest BCUT2D eigenvalue weighted by Crippen LogP contribution is 2.05. The molecule has 1 aromatic heterocycles. The van der Waals surface area contributed by atoms with Crippen molar-refractivity contribution in [3.8, 4) is 0 Å². The first-order valence-corrected chi connectivity index (χ1v) is 6.99. The van der Waals surface area contributed by atoms with E-state index in [2.05, 4.69) is 53.9 Å². The molecule has 0 saturated carbocycles. The molecule has 3 nitrogen and oxygen atoms in total. The largest absolute Gasteiger partial charge is 0.314 e. The Morgan fingerprint density at radius 3 is 2.63 bits per heavy atom. The van der Waals surface area contributed by atoms with Crippen LogP contribution >= 0.6 is 0 Å². The van der Waals surface area contributed by atoms with E-state index in [9.17, 15) is 0 Å². The molecule has 1 heterocycles. The standard InChI is InChI=1S/C16H23N3/c1-14(8-9-15-6-4-3-5-7-15)17-11-10-16-12-18-19(2)13-16/h3-7,12-14,17H,8-11H2,1-2H3. The van der Waals surface area contributed by atoms with Crippen molar-refractivity contribution >= 4 is 0 Å². The maximum atomic E-state index is 4.18. The van der Waals surface area contributed by atoms with Gasteiger partial charge in [0.2, 0.25) is 0 Å². The van der Waals surface area contributed by atoms with E-state index in [0.29, 0.717) is 6.04 Å². The van der Waals surface area contributed by atoms with E-state index in [1.54, 1.807) is 0 Å². The number of hydrogen-bond acceptors (Lipinski definition) is 2. The molecule has 1 aromatic carbocycles. The summed E-state index contributed by atoms with van der Waals surface area (Å²) in [7, 11) is 1.96. The zero-order valence-electron chi connectivity index (χ0n) is 11.8. The molecule has 0 bridgehead atoms. The lowest BCUT2D eigenvalue weighted by atomic mass is 10.1. The van der Waals surface area contributed by atoms with Gasteiger partial charge in [-0.25, -0.2) is 0 Å². The molecule has 1 unspecified atom stereocenters. The summed E-state index contributed by atoms with van der Waals surface area (Å²) >= 11 is 0. The highest BCUT2D eigenvalue weighted by molar-refractivity contribution is 5.14. The van der Waals surface area contributed by atoms with Gasteiger partial charge in [-0.1, -0.05) is 30.3 Å². The predicted molar refractivity (Wildman–Crippen MR) is 79.1 cm³/mol. The van der Waals surface area contributed by atoms with Crippen molar-refractivity contribution in [1.82, 2.24) is 15.1 Å². The van der Waals surface area contributed by atoms with Crippen molar-refractivity contribution in [2.75, 3.05) is 6.54 Å². The van der Waals surface area contributed by atoms with Crippen LogP contribution in [0.3, 0.4) is 0 Å². The molecule has 0 aliphatic heterocycles. The minimum atomic E-state index is 0.553. The van der Waals surface area contributed by atoms with Gasteiger partial charge >= 0.3 is 0 Å². The van der Waals surface area contributed by atoms with Crippen LogP contribution in [0.5, 0.6) is 0 Å². The number of benzene rings is 1. The van der Waals surface area contributed by atoms with Crippen LogP contribution in [-0.2, 0) is 19.9 Å². The Morgan fingerprint density at radius 1 is 1.16 bits per heavy atom. The van der Waals surface area contributed by atoms with E-state index in [1.165, 1.54) is 17.5 Å². The normalized spacial score (nSPS) is 12.5. The first kappa shape index (κ1) is 13.8. The smallest absolute Gasteiger partial charge is 0.0522 e. The lowest BCUT2D eigenvalue weighted by Crippen LogP contribution is -2.28. The van der Waals surface area contributed by atoms with Gasteiger partial charge in [0, 0.05) is 19.3 Å². The summed E-state index contributed by atoms with van der Waals surface area (Å²) in [6, 6.07) is 11.2. The Kier molecular flexibility index (Phi) is 5.16. The fourth-order valence-corrected chi connectivity index (χ4v) is 2.19. The maximum absolute atomic E-state index is 4.18. The molecule has 19 heavy (non-hydrogen) atoms. The van der Waals surface area contributed by atoms with Gasteiger partial charge in [0.15, 0.2) is 0 Å².